The van der Waals surface area contributed by atoms with Crippen molar-refractivity contribution in [3.63, 3.8) is 0 Å². The first-order valence-corrected chi connectivity index (χ1v) is 9.66. The van der Waals surface area contributed by atoms with Crippen LogP contribution < -0.4 is 21.9 Å². The summed E-state index contributed by atoms with van der Waals surface area (Å²) in [5.41, 5.74) is 5.00. The van der Waals surface area contributed by atoms with Crippen molar-refractivity contribution >= 4 is 40.6 Å². The van der Waals surface area contributed by atoms with Crippen LogP contribution in [0.3, 0.4) is 0 Å². The molecular weight excluding hydrogens is 405 g/mol. The summed E-state index contributed by atoms with van der Waals surface area (Å²) in [7, 11) is 1.60. The Bertz CT molecular complexity index is 1000. The number of hydrogen-bond acceptors (Lipinski definition) is 4. The van der Waals surface area contributed by atoms with Gasteiger partial charge < -0.3 is 10.3 Å². The molecule has 2 aromatic heterocycles. The molecule has 0 aliphatic heterocycles. The van der Waals surface area contributed by atoms with Crippen LogP contribution in [0.1, 0.15) is 38.2 Å². The van der Waals surface area contributed by atoms with Crippen molar-refractivity contribution in [1.29, 1.82) is 0 Å². The van der Waals surface area contributed by atoms with E-state index in [0.29, 0.717) is 6.54 Å². The van der Waals surface area contributed by atoms with Gasteiger partial charge in [0.15, 0.2) is 5.69 Å². The summed E-state index contributed by atoms with van der Waals surface area (Å²) in [5, 5.41) is 0.435. The van der Waals surface area contributed by atoms with Gasteiger partial charge in [-0.2, -0.15) is 0 Å². The highest BCUT2D eigenvalue weighted by molar-refractivity contribution is 6.42. The zero-order valence-corrected chi connectivity index (χ0v) is 18.1. The summed E-state index contributed by atoms with van der Waals surface area (Å²) in [6.07, 6.45) is 0. The summed E-state index contributed by atoms with van der Waals surface area (Å²) in [6, 6.07) is 1.44. The van der Waals surface area contributed by atoms with E-state index in [1.54, 1.807) is 7.05 Å². The molecule has 2 heterocycles. The standard InChI is InChI=1S/C18H25Cl2N5O3/c1-9(2)7-24(17(27)12-6-11(19)14(20)23(12)5)13-15(21)25(8-10(3)4)18(28)22-16(13)26/h6,9-10H,7-8,21H2,1-5H3,(H,22,26,28). The van der Waals surface area contributed by atoms with Crippen LogP contribution in [-0.2, 0) is 13.6 Å². The van der Waals surface area contributed by atoms with E-state index in [1.807, 2.05) is 27.7 Å². The fourth-order valence-electron chi connectivity index (χ4n) is 2.91. The number of rotatable bonds is 6. The van der Waals surface area contributed by atoms with Gasteiger partial charge in [0.05, 0.1) is 5.02 Å². The molecule has 0 bridgehead atoms. The molecule has 28 heavy (non-hydrogen) atoms. The first kappa shape index (κ1) is 22.1. The number of halogens is 2. The highest BCUT2D eigenvalue weighted by Crippen LogP contribution is 2.28. The number of nitrogens with one attached hydrogen (secondary N) is 1. The molecule has 10 heteroatoms. The average Bonchev–Trinajstić information content (AvgIpc) is 2.84. The number of hydrogen-bond donors (Lipinski definition) is 2. The predicted molar refractivity (Wildman–Crippen MR) is 113 cm³/mol. The second kappa shape index (κ2) is 8.45. The third kappa shape index (κ3) is 4.28. The van der Waals surface area contributed by atoms with E-state index in [9.17, 15) is 14.4 Å². The fourth-order valence-corrected chi connectivity index (χ4v) is 3.29. The average molecular weight is 430 g/mol. The van der Waals surface area contributed by atoms with E-state index in [1.165, 1.54) is 20.1 Å². The van der Waals surface area contributed by atoms with Crippen molar-refractivity contribution in [2.75, 3.05) is 17.2 Å². The molecule has 1 amide bonds. The Labute approximate surface area is 172 Å². The normalized spacial score (nSPS) is 11.5. The summed E-state index contributed by atoms with van der Waals surface area (Å²) in [4.78, 5) is 41.7. The SMILES string of the molecule is CC(C)CN(C(=O)c1cc(Cl)c(Cl)n1C)c1c(N)n(CC(C)C)c(=O)[nH]c1=O. The van der Waals surface area contributed by atoms with Crippen LogP contribution in [0.15, 0.2) is 15.7 Å². The van der Waals surface area contributed by atoms with Crippen molar-refractivity contribution in [3.05, 3.63) is 42.8 Å². The third-order valence-electron chi connectivity index (χ3n) is 4.16. The Hall–Kier alpha value is -2.19. The van der Waals surface area contributed by atoms with E-state index in [4.69, 9.17) is 28.9 Å². The van der Waals surface area contributed by atoms with Gasteiger partial charge in [0.2, 0.25) is 0 Å². The van der Waals surface area contributed by atoms with Gasteiger partial charge in [-0.3, -0.25) is 24.0 Å². The lowest BCUT2D eigenvalue weighted by Crippen LogP contribution is -2.43. The molecule has 0 saturated heterocycles. The molecule has 0 saturated carbocycles. The minimum Gasteiger partial charge on any atom is -0.383 e. The Morgan fingerprint density at radius 1 is 1.21 bits per heavy atom. The second-order valence-corrected chi connectivity index (χ2v) is 8.30. The van der Waals surface area contributed by atoms with Crippen LogP contribution >= 0.6 is 23.2 Å². The monoisotopic (exact) mass is 429 g/mol. The molecule has 0 fully saturated rings. The summed E-state index contributed by atoms with van der Waals surface area (Å²) >= 11 is 12.1. The lowest BCUT2D eigenvalue weighted by molar-refractivity contribution is 0.0975. The number of nitrogen functional groups attached to an aromatic ring is 1. The maximum Gasteiger partial charge on any atom is 0.330 e. The van der Waals surface area contributed by atoms with E-state index < -0.39 is 17.2 Å². The molecule has 0 unspecified atom stereocenters. The maximum absolute atomic E-state index is 13.3. The first-order valence-electron chi connectivity index (χ1n) is 8.90. The van der Waals surface area contributed by atoms with Gasteiger partial charge in [-0.25, -0.2) is 4.79 Å². The molecule has 154 valence electrons. The smallest absolute Gasteiger partial charge is 0.330 e. The van der Waals surface area contributed by atoms with Crippen LogP contribution in [0.25, 0.3) is 0 Å². The Kier molecular flexibility index (Phi) is 6.67. The van der Waals surface area contributed by atoms with Gasteiger partial charge >= 0.3 is 5.69 Å². The summed E-state index contributed by atoms with van der Waals surface area (Å²) in [5.74, 6) is -0.405. The minimum absolute atomic E-state index is 0.0273. The molecule has 0 atom stereocenters. The van der Waals surface area contributed by atoms with Crippen LogP contribution in [0.2, 0.25) is 10.2 Å². The number of carbonyl (C=O) groups is 1. The second-order valence-electron chi connectivity index (χ2n) is 7.53. The van der Waals surface area contributed by atoms with Gasteiger partial charge in [-0.15, -0.1) is 0 Å². The van der Waals surface area contributed by atoms with Gasteiger partial charge in [0.25, 0.3) is 11.5 Å². The molecule has 3 N–H and O–H groups in total. The molecule has 2 rings (SSSR count). The summed E-state index contributed by atoms with van der Waals surface area (Å²) < 4.78 is 2.71. The molecule has 0 spiro atoms. The van der Waals surface area contributed by atoms with E-state index in [2.05, 4.69) is 4.98 Å². The Morgan fingerprint density at radius 2 is 1.82 bits per heavy atom. The van der Waals surface area contributed by atoms with Crippen LogP contribution in [0.5, 0.6) is 0 Å². The zero-order valence-electron chi connectivity index (χ0n) is 16.5. The fraction of sp³-hybridized carbons (Fsp3) is 0.500. The molecule has 0 aliphatic carbocycles. The number of nitrogens with zero attached hydrogens (tertiary/aromatic N) is 3. The largest absolute Gasteiger partial charge is 0.383 e. The highest BCUT2D eigenvalue weighted by Gasteiger charge is 2.28. The Balaban J connectivity index is 2.70. The Morgan fingerprint density at radius 3 is 2.29 bits per heavy atom. The molecule has 0 radical (unpaired) electrons. The molecule has 0 aromatic carbocycles. The summed E-state index contributed by atoms with van der Waals surface area (Å²) in [6.45, 7) is 8.16. The van der Waals surface area contributed by atoms with Crippen molar-refractivity contribution in [1.82, 2.24) is 14.1 Å². The van der Waals surface area contributed by atoms with E-state index in [-0.39, 0.29) is 45.8 Å². The highest BCUT2D eigenvalue weighted by atomic mass is 35.5. The predicted octanol–water partition coefficient (Wildman–Crippen LogP) is 2.72. The van der Waals surface area contributed by atoms with Crippen molar-refractivity contribution in [3.8, 4) is 0 Å². The maximum atomic E-state index is 13.3. The number of aromatic nitrogens is 3. The van der Waals surface area contributed by atoms with Crippen LogP contribution in [0, 0.1) is 11.8 Å². The molecule has 2 aromatic rings. The van der Waals surface area contributed by atoms with E-state index in [0.717, 1.165) is 0 Å². The number of aromatic amines is 1. The number of carbonyl (C=O) groups excluding carboxylic acids is 1. The lowest BCUT2D eigenvalue weighted by atomic mass is 10.1. The van der Waals surface area contributed by atoms with Crippen LogP contribution in [-0.4, -0.2) is 26.6 Å². The topological polar surface area (TPSA) is 106 Å². The van der Waals surface area contributed by atoms with Crippen molar-refractivity contribution in [2.24, 2.45) is 18.9 Å². The van der Waals surface area contributed by atoms with E-state index >= 15 is 0 Å². The first-order chi connectivity index (χ1) is 13.0. The molecule has 8 nitrogen and oxygen atoms in total. The van der Waals surface area contributed by atoms with Crippen molar-refractivity contribution < 1.29 is 4.79 Å². The number of H-pyrrole nitrogens is 1. The molecular formula is C18H25Cl2N5O3. The number of amides is 1. The third-order valence-corrected chi connectivity index (χ3v) is 5.00. The van der Waals surface area contributed by atoms with Gasteiger partial charge in [0, 0.05) is 20.1 Å². The van der Waals surface area contributed by atoms with Gasteiger partial charge in [-0.1, -0.05) is 50.9 Å². The van der Waals surface area contributed by atoms with Crippen LogP contribution in [0.4, 0.5) is 11.5 Å². The number of nitrogens with two attached hydrogens (primary N) is 1. The minimum atomic E-state index is -0.720. The van der Waals surface area contributed by atoms with Gasteiger partial charge in [-0.05, 0) is 17.9 Å². The number of anilines is 2. The lowest BCUT2D eigenvalue weighted by Gasteiger charge is -2.26. The molecule has 0 aliphatic rings. The van der Waals surface area contributed by atoms with Crippen molar-refractivity contribution in [2.45, 2.75) is 34.2 Å². The quantitative estimate of drug-likeness (QED) is 0.735. The van der Waals surface area contributed by atoms with Gasteiger partial charge in [0.1, 0.15) is 16.7 Å². The zero-order chi connectivity index (χ0) is 21.3.